The zero-order valence-corrected chi connectivity index (χ0v) is 13.0. The predicted molar refractivity (Wildman–Crippen MR) is 76.3 cm³/mol. The van der Waals surface area contributed by atoms with Crippen LogP contribution in [0.5, 0.6) is 0 Å². The first kappa shape index (κ1) is 15.7. The summed E-state index contributed by atoms with van der Waals surface area (Å²) < 4.78 is 33.0. The van der Waals surface area contributed by atoms with Crippen LogP contribution < -0.4 is 4.72 Å². The molecular formula is C13H18ClNO4S. The Morgan fingerprint density at radius 1 is 1.50 bits per heavy atom. The fraction of sp³-hybridized carbons (Fsp3) is 0.538. The fourth-order valence-electron chi connectivity index (χ4n) is 2.28. The van der Waals surface area contributed by atoms with Crippen molar-refractivity contribution < 1.29 is 18.3 Å². The molecule has 0 aliphatic carbocycles. The van der Waals surface area contributed by atoms with E-state index in [4.69, 9.17) is 16.3 Å². The zero-order valence-electron chi connectivity index (χ0n) is 11.4. The Hall–Kier alpha value is -0.660. The van der Waals surface area contributed by atoms with Gasteiger partial charge in [-0.3, -0.25) is 0 Å². The second-order valence-corrected chi connectivity index (χ2v) is 7.40. The highest BCUT2D eigenvalue weighted by Gasteiger charge is 2.35. The van der Waals surface area contributed by atoms with E-state index in [1.54, 1.807) is 13.0 Å². The monoisotopic (exact) mass is 319 g/mol. The lowest BCUT2D eigenvalue weighted by Crippen LogP contribution is -2.46. The quantitative estimate of drug-likeness (QED) is 0.884. The number of hydrogen-bond acceptors (Lipinski definition) is 4. The highest BCUT2D eigenvalue weighted by Crippen LogP contribution is 2.27. The fourth-order valence-corrected chi connectivity index (χ4v) is 4.32. The number of aliphatic hydroxyl groups is 1. The van der Waals surface area contributed by atoms with Crippen LogP contribution in [-0.2, 0) is 21.4 Å². The maximum atomic E-state index is 12.5. The number of nitrogens with one attached hydrogen (secondary N) is 1. The molecular weight excluding hydrogens is 302 g/mol. The smallest absolute Gasteiger partial charge is 0.241 e. The molecule has 1 aromatic carbocycles. The van der Waals surface area contributed by atoms with Crippen LogP contribution in [0.1, 0.15) is 24.5 Å². The largest absolute Gasteiger partial charge is 0.392 e. The topological polar surface area (TPSA) is 75.6 Å². The van der Waals surface area contributed by atoms with E-state index in [0.29, 0.717) is 30.8 Å². The highest BCUT2D eigenvalue weighted by molar-refractivity contribution is 7.89. The van der Waals surface area contributed by atoms with Crippen molar-refractivity contribution in [3.8, 4) is 0 Å². The molecule has 2 rings (SSSR count). The van der Waals surface area contributed by atoms with Crippen LogP contribution in [0.25, 0.3) is 0 Å². The van der Waals surface area contributed by atoms with Crippen molar-refractivity contribution in [2.45, 2.75) is 37.3 Å². The van der Waals surface area contributed by atoms with Crippen molar-refractivity contribution in [2.75, 3.05) is 13.2 Å². The number of hydrogen-bond donors (Lipinski definition) is 2. The second kappa shape index (κ2) is 5.61. The van der Waals surface area contributed by atoms with E-state index < -0.39 is 15.6 Å². The molecule has 1 unspecified atom stereocenters. The number of ether oxygens (including phenoxy) is 1. The molecule has 1 aromatic rings. The summed E-state index contributed by atoms with van der Waals surface area (Å²) in [5.41, 5.74) is 0.407. The molecule has 0 spiro atoms. The van der Waals surface area contributed by atoms with Crippen LogP contribution in [0.4, 0.5) is 0 Å². The number of aliphatic hydroxyl groups excluding tert-OH is 1. The van der Waals surface area contributed by atoms with Gasteiger partial charge in [0.05, 0.1) is 23.6 Å². The minimum atomic E-state index is -3.71. The Bertz CT molecular complexity index is 609. The third-order valence-electron chi connectivity index (χ3n) is 3.49. The van der Waals surface area contributed by atoms with Gasteiger partial charge in [-0.2, -0.15) is 0 Å². The molecule has 112 valence electrons. The first-order chi connectivity index (χ1) is 9.27. The maximum Gasteiger partial charge on any atom is 0.241 e. The van der Waals surface area contributed by atoms with Gasteiger partial charge in [0, 0.05) is 11.6 Å². The molecule has 2 N–H and O–H groups in total. The Morgan fingerprint density at radius 3 is 2.75 bits per heavy atom. The molecule has 1 aliphatic heterocycles. The number of benzene rings is 1. The van der Waals surface area contributed by atoms with E-state index in [9.17, 15) is 13.5 Å². The van der Waals surface area contributed by atoms with Crippen molar-refractivity contribution in [1.29, 1.82) is 0 Å². The van der Waals surface area contributed by atoms with Crippen LogP contribution in [0, 0.1) is 6.92 Å². The minimum Gasteiger partial charge on any atom is -0.392 e. The van der Waals surface area contributed by atoms with Crippen molar-refractivity contribution in [2.24, 2.45) is 0 Å². The zero-order chi connectivity index (χ0) is 15.0. The summed E-state index contributed by atoms with van der Waals surface area (Å²) in [4.78, 5) is 0.0992. The lowest BCUT2D eigenvalue weighted by Gasteiger charge is -2.24. The normalized spacial score (nSPS) is 23.2. The van der Waals surface area contributed by atoms with E-state index in [0.717, 1.165) is 0 Å². The number of sulfonamides is 1. The van der Waals surface area contributed by atoms with Gasteiger partial charge in [0.25, 0.3) is 0 Å². The molecule has 5 nitrogen and oxygen atoms in total. The van der Waals surface area contributed by atoms with E-state index in [1.807, 2.05) is 6.92 Å². The average molecular weight is 320 g/mol. The van der Waals surface area contributed by atoms with Gasteiger partial charge in [0.15, 0.2) is 0 Å². The van der Waals surface area contributed by atoms with Crippen molar-refractivity contribution in [3.63, 3.8) is 0 Å². The molecule has 20 heavy (non-hydrogen) atoms. The van der Waals surface area contributed by atoms with Gasteiger partial charge in [-0.1, -0.05) is 11.6 Å². The first-order valence-corrected chi connectivity index (χ1v) is 8.15. The van der Waals surface area contributed by atoms with Crippen molar-refractivity contribution in [1.82, 2.24) is 4.72 Å². The molecule has 1 atom stereocenters. The maximum absolute atomic E-state index is 12.5. The third kappa shape index (κ3) is 3.15. The summed E-state index contributed by atoms with van der Waals surface area (Å²) in [6.07, 6.45) is 0.624. The molecule has 1 heterocycles. The van der Waals surface area contributed by atoms with Gasteiger partial charge >= 0.3 is 0 Å². The molecule has 0 saturated carbocycles. The van der Waals surface area contributed by atoms with Gasteiger partial charge in [0.2, 0.25) is 10.0 Å². The lowest BCUT2D eigenvalue weighted by atomic mass is 10.0. The summed E-state index contributed by atoms with van der Waals surface area (Å²) in [5, 5.41) is 9.56. The molecule has 0 radical (unpaired) electrons. The van der Waals surface area contributed by atoms with Crippen LogP contribution in [0.2, 0.25) is 5.02 Å². The summed E-state index contributed by atoms with van der Waals surface area (Å²) in [5.74, 6) is 0. The lowest BCUT2D eigenvalue weighted by molar-refractivity contribution is 0.178. The average Bonchev–Trinajstić information content (AvgIpc) is 2.77. The van der Waals surface area contributed by atoms with Gasteiger partial charge in [-0.25, -0.2) is 13.1 Å². The first-order valence-electron chi connectivity index (χ1n) is 6.29. The minimum absolute atomic E-state index is 0.0992. The molecule has 0 bridgehead atoms. The van der Waals surface area contributed by atoms with E-state index >= 15 is 0 Å². The van der Waals surface area contributed by atoms with Crippen molar-refractivity contribution >= 4 is 21.6 Å². The molecule has 0 aromatic heterocycles. The molecule has 7 heteroatoms. The molecule has 1 fully saturated rings. The molecule has 1 saturated heterocycles. The summed E-state index contributed by atoms with van der Waals surface area (Å²) >= 11 is 5.93. The number of rotatable bonds is 4. The van der Waals surface area contributed by atoms with Gasteiger partial charge < -0.3 is 9.84 Å². The Labute approximate surface area is 124 Å². The Balaban J connectivity index is 2.41. The third-order valence-corrected chi connectivity index (χ3v) is 5.47. The summed E-state index contributed by atoms with van der Waals surface area (Å²) in [7, 11) is -3.71. The second-order valence-electron chi connectivity index (χ2n) is 5.31. The highest BCUT2D eigenvalue weighted by atomic mass is 35.5. The Morgan fingerprint density at radius 2 is 2.20 bits per heavy atom. The van der Waals surface area contributed by atoms with Gasteiger partial charge in [-0.05, 0) is 43.5 Å². The summed E-state index contributed by atoms with van der Waals surface area (Å²) in [6.45, 7) is 4.09. The van der Waals surface area contributed by atoms with Gasteiger partial charge in [0.1, 0.15) is 0 Å². The van der Waals surface area contributed by atoms with Gasteiger partial charge in [-0.15, -0.1) is 0 Å². The summed E-state index contributed by atoms with van der Waals surface area (Å²) in [6, 6.07) is 2.97. The van der Waals surface area contributed by atoms with E-state index in [1.165, 1.54) is 6.07 Å². The molecule has 1 aliphatic rings. The van der Waals surface area contributed by atoms with Crippen LogP contribution in [0.3, 0.4) is 0 Å². The van der Waals surface area contributed by atoms with E-state index in [2.05, 4.69) is 4.72 Å². The molecule has 0 amide bonds. The number of halogens is 1. The predicted octanol–water partition coefficient (Wildman–Crippen LogP) is 1.60. The van der Waals surface area contributed by atoms with E-state index in [-0.39, 0.29) is 16.5 Å². The van der Waals surface area contributed by atoms with Crippen LogP contribution >= 0.6 is 11.6 Å². The Kier molecular flexibility index (Phi) is 4.41. The SMILES string of the molecule is Cc1c(CO)cc(Cl)cc1S(=O)(=O)NC1(C)CCOC1. The van der Waals surface area contributed by atoms with Crippen LogP contribution in [-0.4, -0.2) is 32.3 Å². The standard InChI is InChI=1S/C13H18ClNO4S/c1-9-10(7-16)5-11(14)6-12(9)20(17,18)15-13(2)3-4-19-8-13/h5-6,15-16H,3-4,7-8H2,1-2H3. The van der Waals surface area contributed by atoms with Crippen LogP contribution in [0.15, 0.2) is 17.0 Å². The van der Waals surface area contributed by atoms with Crippen molar-refractivity contribution in [3.05, 3.63) is 28.3 Å².